The van der Waals surface area contributed by atoms with Gasteiger partial charge in [0.2, 0.25) is 0 Å². The molecular formula is C21H20O. The quantitative estimate of drug-likeness (QED) is 0.397. The van der Waals surface area contributed by atoms with Gasteiger partial charge in [0, 0.05) is 11.1 Å². The number of rotatable bonds is 5. The lowest BCUT2D eigenvalue weighted by molar-refractivity contribution is 0.103. The van der Waals surface area contributed by atoms with E-state index in [0.717, 1.165) is 22.3 Å². The van der Waals surface area contributed by atoms with Crippen LogP contribution in [0.3, 0.4) is 0 Å². The predicted molar refractivity (Wildman–Crippen MR) is 93.9 cm³/mol. The highest BCUT2D eigenvalue weighted by Gasteiger charge is 2.13. The highest BCUT2D eigenvalue weighted by molar-refractivity contribution is 6.11. The van der Waals surface area contributed by atoms with E-state index in [-0.39, 0.29) is 5.78 Å². The molecule has 0 unspecified atom stereocenters. The van der Waals surface area contributed by atoms with Crippen molar-refractivity contribution in [2.24, 2.45) is 0 Å². The fourth-order valence-electron chi connectivity index (χ4n) is 2.23. The van der Waals surface area contributed by atoms with Crippen molar-refractivity contribution in [2.45, 2.75) is 13.8 Å². The van der Waals surface area contributed by atoms with Crippen LogP contribution in [0.15, 0.2) is 90.6 Å². The van der Waals surface area contributed by atoms with E-state index in [1.807, 2.05) is 56.3 Å². The van der Waals surface area contributed by atoms with Gasteiger partial charge in [-0.1, -0.05) is 73.3 Å². The molecule has 0 heterocycles. The Morgan fingerprint density at radius 3 is 1.91 bits per heavy atom. The Balaban J connectivity index is 2.32. The summed E-state index contributed by atoms with van der Waals surface area (Å²) in [5, 5.41) is 0. The van der Waals surface area contributed by atoms with Gasteiger partial charge in [0.25, 0.3) is 0 Å². The number of benzene rings is 2. The van der Waals surface area contributed by atoms with Crippen LogP contribution >= 0.6 is 0 Å². The van der Waals surface area contributed by atoms with E-state index in [9.17, 15) is 4.79 Å². The summed E-state index contributed by atoms with van der Waals surface area (Å²) in [7, 11) is 0. The molecule has 0 bridgehead atoms. The zero-order chi connectivity index (χ0) is 16.1. The molecule has 2 aromatic rings. The standard InChI is InChI=1S/C21H20O/c1-15(2)14-20(16(3)4)21(22)19-12-10-18(11-13-19)17-8-6-5-7-9-17/h5-14H,1,3H2,2,4H3/b20-14+. The first-order chi connectivity index (χ1) is 10.5. The van der Waals surface area contributed by atoms with E-state index >= 15 is 0 Å². The van der Waals surface area contributed by atoms with Crippen molar-refractivity contribution in [3.8, 4) is 11.1 Å². The van der Waals surface area contributed by atoms with E-state index in [2.05, 4.69) is 25.3 Å². The summed E-state index contributed by atoms with van der Waals surface area (Å²) >= 11 is 0. The maximum Gasteiger partial charge on any atom is 0.193 e. The predicted octanol–water partition coefficient (Wildman–Crippen LogP) is 5.61. The highest BCUT2D eigenvalue weighted by Crippen LogP contribution is 2.22. The van der Waals surface area contributed by atoms with E-state index in [1.165, 1.54) is 0 Å². The van der Waals surface area contributed by atoms with Crippen molar-refractivity contribution in [2.75, 3.05) is 0 Å². The Labute approximate surface area is 132 Å². The highest BCUT2D eigenvalue weighted by atomic mass is 16.1. The smallest absolute Gasteiger partial charge is 0.193 e. The number of ketones is 1. The van der Waals surface area contributed by atoms with Gasteiger partial charge in [-0.25, -0.2) is 0 Å². The summed E-state index contributed by atoms with van der Waals surface area (Å²) in [4.78, 5) is 12.6. The van der Waals surface area contributed by atoms with E-state index < -0.39 is 0 Å². The number of carbonyl (C=O) groups is 1. The molecule has 0 spiro atoms. The molecule has 0 N–H and O–H groups in total. The Morgan fingerprint density at radius 1 is 0.864 bits per heavy atom. The molecule has 2 rings (SSSR count). The molecule has 110 valence electrons. The fourth-order valence-corrected chi connectivity index (χ4v) is 2.23. The van der Waals surface area contributed by atoms with Crippen LogP contribution in [0.25, 0.3) is 11.1 Å². The summed E-state index contributed by atoms with van der Waals surface area (Å²) in [6, 6.07) is 17.8. The minimum atomic E-state index is -0.0184. The van der Waals surface area contributed by atoms with E-state index in [1.54, 1.807) is 6.08 Å². The summed E-state index contributed by atoms with van der Waals surface area (Å²) in [5.74, 6) is -0.0184. The van der Waals surface area contributed by atoms with Gasteiger partial charge in [-0.3, -0.25) is 4.79 Å². The average Bonchev–Trinajstić information content (AvgIpc) is 2.52. The lowest BCUT2D eigenvalue weighted by Gasteiger charge is -2.08. The zero-order valence-corrected chi connectivity index (χ0v) is 13.1. The van der Waals surface area contributed by atoms with Gasteiger partial charge >= 0.3 is 0 Å². The summed E-state index contributed by atoms with van der Waals surface area (Å²) in [5.41, 5.74) is 5.10. The summed E-state index contributed by atoms with van der Waals surface area (Å²) < 4.78 is 0. The normalized spacial score (nSPS) is 11.1. The van der Waals surface area contributed by atoms with Crippen molar-refractivity contribution in [1.82, 2.24) is 0 Å². The van der Waals surface area contributed by atoms with Gasteiger partial charge in [0.15, 0.2) is 5.78 Å². The van der Waals surface area contributed by atoms with Crippen molar-refractivity contribution in [3.63, 3.8) is 0 Å². The second-order valence-electron chi connectivity index (χ2n) is 5.46. The molecule has 22 heavy (non-hydrogen) atoms. The largest absolute Gasteiger partial charge is 0.289 e. The first-order valence-electron chi connectivity index (χ1n) is 7.22. The molecule has 0 radical (unpaired) electrons. The monoisotopic (exact) mass is 288 g/mol. The third-order valence-electron chi connectivity index (χ3n) is 3.35. The molecule has 1 nitrogen and oxygen atoms in total. The molecule has 0 aliphatic heterocycles. The Morgan fingerprint density at radius 2 is 1.41 bits per heavy atom. The molecular weight excluding hydrogens is 268 g/mol. The molecule has 1 heteroatoms. The van der Waals surface area contributed by atoms with Crippen LogP contribution in [0.4, 0.5) is 0 Å². The van der Waals surface area contributed by atoms with Crippen LogP contribution in [0.5, 0.6) is 0 Å². The first kappa shape index (κ1) is 15.7. The third-order valence-corrected chi connectivity index (χ3v) is 3.35. The van der Waals surface area contributed by atoms with Gasteiger partial charge < -0.3 is 0 Å². The minimum absolute atomic E-state index is 0.0184. The SMILES string of the molecule is C=C(C)/C=C(\C(=C)C)C(=O)c1ccc(-c2ccccc2)cc1. The van der Waals surface area contributed by atoms with Crippen molar-refractivity contribution in [3.05, 3.63) is 96.1 Å². The van der Waals surface area contributed by atoms with E-state index in [4.69, 9.17) is 0 Å². The molecule has 0 aliphatic carbocycles. The van der Waals surface area contributed by atoms with Crippen LogP contribution in [0, 0.1) is 0 Å². The van der Waals surface area contributed by atoms with Gasteiger partial charge in [-0.05, 0) is 36.6 Å². The molecule has 0 atom stereocenters. The second kappa shape index (κ2) is 6.86. The lowest BCUT2D eigenvalue weighted by atomic mass is 9.95. The Hall–Kier alpha value is -2.67. The zero-order valence-electron chi connectivity index (χ0n) is 13.1. The lowest BCUT2D eigenvalue weighted by Crippen LogP contribution is -2.04. The maximum atomic E-state index is 12.6. The van der Waals surface area contributed by atoms with Crippen LogP contribution < -0.4 is 0 Å². The molecule has 0 amide bonds. The topological polar surface area (TPSA) is 17.1 Å². The second-order valence-corrected chi connectivity index (χ2v) is 5.46. The van der Waals surface area contributed by atoms with Crippen LogP contribution in [-0.4, -0.2) is 5.78 Å². The fraction of sp³-hybridized carbons (Fsp3) is 0.0952. The third kappa shape index (κ3) is 3.70. The van der Waals surface area contributed by atoms with Crippen molar-refractivity contribution >= 4 is 5.78 Å². The van der Waals surface area contributed by atoms with Gasteiger partial charge in [0.05, 0.1) is 0 Å². The van der Waals surface area contributed by atoms with Crippen molar-refractivity contribution < 1.29 is 4.79 Å². The molecule has 0 fully saturated rings. The Kier molecular flexibility index (Phi) is 4.90. The molecule has 2 aromatic carbocycles. The molecule has 0 saturated carbocycles. The number of allylic oxidation sites excluding steroid dienone is 4. The van der Waals surface area contributed by atoms with E-state index in [0.29, 0.717) is 11.1 Å². The van der Waals surface area contributed by atoms with Gasteiger partial charge in [-0.15, -0.1) is 0 Å². The Bertz CT molecular complexity index is 731. The van der Waals surface area contributed by atoms with Gasteiger partial charge in [-0.2, -0.15) is 0 Å². The molecule has 0 saturated heterocycles. The summed E-state index contributed by atoms with van der Waals surface area (Å²) in [6.07, 6.45) is 1.79. The minimum Gasteiger partial charge on any atom is -0.289 e. The number of hydrogen-bond acceptors (Lipinski definition) is 1. The number of Topliss-reactive ketones (excluding diaryl/α,β-unsaturated/α-hetero) is 1. The summed E-state index contributed by atoms with van der Waals surface area (Å²) in [6.45, 7) is 11.4. The average molecular weight is 288 g/mol. The molecule has 0 aliphatic rings. The molecule has 0 aromatic heterocycles. The number of carbonyl (C=O) groups excluding carboxylic acids is 1. The van der Waals surface area contributed by atoms with Gasteiger partial charge in [0.1, 0.15) is 0 Å². The number of hydrogen-bond donors (Lipinski definition) is 0. The first-order valence-corrected chi connectivity index (χ1v) is 7.22. The van der Waals surface area contributed by atoms with Crippen molar-refractivity contribution in [1.29, 1.82) is 0 Å². The van der Waals surface area contributed by atoms with Crippen LogP contribution in [0.1, 0.15) is 24.2 Å². The maximum absolute atomic E-state index is 12.6. The van der Waals surface area contributed by atoms with Crippen LogP contribution in [-0.2, 0) is 0 Å². The van der Waals surface area contributed by atoms with Crippen LogP contribution in [0.2, 0.25) is 0 Å².